The molecule has 0 saturated carbocycles. The first kappa shape index (κ1) is 15.7. The maximum atomic E-state index is 12.7. The molecule has 0 radical (unpaired) electrons. The highest BCUT2D eigenvalue weighted by Crippen LogP contribution is 2.32. The largest absolute Gasteiger partial charge is 0.506 e. The van der Waals surface area contributed by atoms with E-state index in [4.69, 9.17) is 0 Å². The molecule has 1 amide bonds. The van der Waals surface area contributed by atoms with Gasteiger partial charge in [-0.3, -0.25) is 4.79 Å². The molecule has 0 heterocycles. The molecular formula is C14H9Br2FN2O2. The summed E-state index contributed by atoms with van der Waals surface area (Å²) in [6.45, 7) is 0. The minimum absolute atomic E-state index is 0.0856. The summed E-state index contributed by atoms with van der Waals surface area (Å²) in [4.78, 5) is 11.7. The van der Waals surface area contributed by atoms with Crippen LogP contribution in [0, 0.1) is 5.82 Å². The number of aromatic hydroxyl groups is 1. The summed E-state index contributed by atoms with van der Waals surface area (Å²) in [7, 11) is 0. The Bertz CT molecular complexity index is 680. The van der Waals surface area contributed by atoms with Crippen molar-refractivity contribution in [1.29, 1.82) is 0 Å². The lowest BCUT2D eigenvalue weighted by Gasteiger charge is -2.02. The molecule has 2 rings (SSSR count). The first-order valence-corrected chi connectivity index (χ1v) is 7.33. The van der Waals surface area contributed by atoms with E-state index in [1.807, 2.05) is 0 Å². The predicted octanol–water partition coefficient (Wildman–Crippen LogP) is 3.82. The van der Waals surface area contributed by atoms with Crippen LogP contribution in [0.5, 0.6) is 5.75 Å². The van der Waals surface area contributed by atoms with E-state index in [9.17, 15) is 14.3 Å². The molecule has 0 spiro atoms. The predicted molar refractivity (Wildman–Crippen MR) is 85.0 cm³/mol. The van der Waals surface area contributed by atoms with E-state index in [0.29, 0.717) is 20.1 Å². The maximum Gasteiger partial charge on any atom is 0.271 e. The number of hydrogen-bond donors (Lipinski definition) is 2. The van der Waals surface area contributed by atoms with Crippen LogP contribution < -0.4 is 5.43 Å². The van der Waals surface area contributed by atoms with Crippen molar-refractivity contribution in [3.63, 3.8) is 0 Å². The second kappa shape index (κ2) is 6.82. The summed E-state index contributed by atoms with van der Waals surface area (Å²) in [6.07, 6.45) is 1.43. The number of phenolic OH excluding ortho intramolecular Hbond substituents is 1. The van der Waals surface area contributed by atoms with E-state index in [1.54, 1.807) is 12.1 Å². The highest BCUT2D eigenvalue weighted by atomic mass is 79.9. The number of phenols is 1. The van der Waals surface area contributed by atoms with Crippen LogP contribution in [0.2, 0.25) is 0 Å². The normalized spacial score (nSPS) is 10.8. The van der Waals surface area contributed by atoms with Gasteiger partial charge in [0.1, 0.15) is 11.6 Å². The fraction of sp³-hybridized carbons (Fsp3) is 0. The molecule has 2 aromatic rings. The Kier molecular flexibility index (Phi) is 5.08. The number of carbonyl (C=O) groups is 1. The van der Waals surface area contributed by atoms with Crippen molar-refractivity contribution in [1.82, 2.24) is 5.43 Å². The van der Waals surface area contributed by atoms with E-state index in [2.05, 4.69) is 42.4 Å². The monoisotopic (exact) mass is 414 g/mol. The van der Waals surface area contributed by atoms with Crippen LogP contribution in [0.3, 0.4) is 0 Å². The van der Waals surface area contributed by atoms with Crippen LogP contribution in [0.1, 0.15) is 15.9 Å². The molecule has 0 unspecified atom stereocenters. The van der Waals surface area contributed by atoms with Crippen LogP contribution in [0.4, 0.5) is 4.39 Å². The molecular weight excluding hydrogens is 407 g/mol. The molecule has 0 fully saturated rings. The van der Waals surface area contributed by atoms with Crippen molar-refractivity contribution in [2.24, 2.45) is 5.10 Å². The summed E-state index contributed by atoms with van der Waals surface area (Å²) in [6, 6.07) is 8.43. The number of nitrogens with zero attached hydrogens (tertiary/aromatic N) is 1. The summed E-state index contributed by atoms with van der Waals surface area (Å²) < 4.78 is 13.7. The second-order valence-electron chi connectivity index (χ2n) is 4.04. The zero-order valence-corrected chi connectivity index (χ0v) is 13.7. The van der Waals surface area contributed by atoms with Gasteiger partial charge < -0.3 is 5.11 Å². The summed E-state index contributed by atoms with van der Waals surface area (Å²) >= 11 is 6.39. The number of halogens is 3. The van der Waals surface area contributed by atoms with Gasteiger partial charge in [0.25, 0.3) is 5.91 Å². The lowest BCUT2D eigenvalue weighted by molar-refractivity contribution is 0.0955. The fourth-order valence-corrected chi connectivity index (χ4v) is 2.71. The van der Waals surface area contributed by atoms with Crippen LogP contribution in [-0.2, 0) is 0 Å². The van der Waals surface area contributed by atoms with E-state index in [-0.39, 0.29) is 5.75 Å². The summed E-state index contributed by atoms with van der Waals surface area (Å²) in [5.41, 5.74) is 3.31. The van der Waals surface area contributed by atoms with E-state index in [1.165, 1.54) is 30.5 Å². The van der Waals surface area contributed by atoms with Gasteiger partial charge in [-0.15, -0.1) is 0 Å². The molecule has 0 saturated heterocycles. The number of hydrazone groups is 1. The van der Waals surface area contributed by atoms with Crippen molar-refractivity contribution in [3.8, 4) is 5.75 Å². The van der Waals surface area contributed by atoms with E-state index in [0.717, 1.165) is 0 Å². The third-order valence-corrected chi connectivity index (χ3v) is 3.73. The molecule has 0 aliphatic carbocycles. The Labute approximate surface area is 136 Å². The minimum Gasteiger partial charge on any atom is -0.506 e. The van der Waals surface area contributed by atoms with Crippen molar-refractivity contribution in [2.45, 2.75) is 0 Å². The summed E-state index contributed by atoms with van der Waals surface area (Å²) in [5, 5.41) is 13.4. The number of benzene rings is 2. The molecule has 7 heteroatoms. The van der Waals surface area contributed by atoms with E-state index >= 15 is 0 Å². The Morgan fingerprint density at radius 1 is 1.19 bits per heavy atom. The zero-order valence-electron chi connectivity index (χ0n) is 10.5. The van der Waals surface area contributed by atoms with Gasteiger partial charge in [0.2, 0.25) is 0 Å². The third-order valence-electron chi connectivity index (χ3n) is 2.53. The Balaban J connectivity index is 2.05. The van der Waals surface area contributed by atoms with Gasteiger partial charge in [-0.2, -0.15) is 5.10 Å². The van der Waals surface area contributed by atoms with Crippen molar-refractivity contribution < 1.29 is 14.3 Å². The number of carbonyl (C=O) groups excluding carboxylic acids is 1. The molecule has 0 aliphatic heterocycles. The van der Waals surface area contributed by atoms with Gasteiger partial charge in [-0.25, -0.2) is 9.82 Å². The second-order valence-corrected chi connectivity index (χ2v) is 5.75. The van der Waals surface area contributed by atoms with E-state index < -0.39 is 11.7 Å². The molecule has 0 aliphatic rings. The lowest BCUT2D eigenvalue weighted by Crippen LogP contribution is -2.17. The topological polar surface area (TPSA) is 61.7 Å². The first-order valence-electron chi connectivity index (χ1n) is 5.74. The molecule has 0 bridgehead atoms. The van der Waals surface area contributed by atoms with Crippen molar-refractivity contribution >= 4 is 44.0 Å². The quantitative estimate of drug-likeness (QED) is 0.591. The summed E-state index contributed by atoms with van der Waals surface area (Å²) in [5.74, 6) is -0.764. The average Bonchev–Trinajstić information content (AvgIpc) is 2.45. The van der Waals surface area contributed by atoms with Crippen molar-refractivity contribution in [2.75, 3.05) is 0 Å². The van der Waals surface area contributed by atoms with Crippen LogP contribution >= 0.6 is 31.9 Å². The molecule has 0 aromatic heterocycles. The van der Waals surface area contributed by atoms with Gasteiger partial charge >= 0.3 is 0 Å². The molecule has 0 atom stereocenters. The Morgan fingerprint density at radius 3 is 2.33 bits per heavy atom. The molecule has 108 valence electrons. The highest BCUT2D eigenvalue weighted by molar-refractivity contribution is 9.11. The Hall–Kier alpha value is -1.73. The number of nitrogens with one attached hydrogen (secondary N) is 1. The molecule has 21 heavy (non-hydrogen) atoms. The number of rotatable bonds is 3. The van der Waals surface area contributed by atoms with Gasteiger partial charge in [-0.1, -0.05) is 0 Å². The van der Waals surface area contributed by atoms with Crippen molar-refractivity contribution in [3.05, 3.63) is 62.3 Å². The minimum atomic E-state index is -0.442. The van der Waals surface area contributed by atoms with Gasteiger partial charge in [0.15, 0.2) is 0 Å². The fourth-order valence-electron chi connectivity index (χ4n) is 1.49. The van der Waals surface area contributed by atoms with Gasteiger partial charge in [0.05, 0.1) is 15.2 Å². The highest BCUT2D eigenvalue weighted by Gasteiger charge is 2.05. The number of hydrogen-bond acceptors (Lipinski definition) is 3. The van der Waals surface area contributed by atoms with Crippen LogP contribution in [0.15, 0.2) is 50.4 Å². The standard InChI is InChI=1S/C14H9Br2FN2O2/c15-11-5-8(6-12(16)13(11)20)7-18-19-14(21)9-1-3-10(17)4-2-9/h1-7,20H,(H,19,21)/b18-7+. The first-order chi connectivity index (χ1) is 9.97. The SMILES string of the molecule is O=C(N/N=C/c1cc(Br)c(O)c(Br)c1)c1ccc(F)cc1. The lowest BCUT2D eigenvalue weighted by atomic mass is 10.2. The van der Waals surface area contributed by atoms with Crippen LogP contribution in [-0.4, -0.2) is 17.2 Å². The zero-order chi connectivity index (χ0) is 15.4. The van der Waals surface area contributed by atoms with Crippen LogP contribution in [0.25, 0.3) is 0 Å². The maximum absolute atomic E-state index is 12.7. The smallest absolute Gasteiger partial charge is 0.271 e. The number of amides is 1. The molecule has 4 nitrogen and oxygen atoms in total. The third kappa shape index (κ3) is 4.12. The molecule has 2 N–H and O–H groups in total. The molecule has 2 aromatic carbocycles. The van der Waals surface area contributed by atoms with Gasteiger partial charge in [0, 0.05) is 5.56 Å². The van der Waals surface area contributed by atoms with Gasteiger partial charge in [-0.05, 0) is 73.8 Å². The Morgan fingerprint density at radius 2 is 1.76 bits per heavy atom. The average molecular weight is 416 g/mol.